The summed E-state index contributed by atoms with van der Waals surface area (Å²) in [4.78, 5) is 10.5. The monoisotopic (exact) mass is 243 g/mol. The van der Waals surface area contributed by atoms with Crippen molar-refractivity contribution >= 4 is 28.7 Å². The summed E-state index contributed by atoms with van der Waals surface area (Å²) in [5.41, 5.74) is 0. The Bertz CT molecular complexity index is 95.0. The van der Waals surface area contributed by atoms with Crippen LogP contribution in [0.15, 0.2) is 0 Å². The third kappa shape index (κ3) is 5.88. The summed E-state index contributed by atoms with van der Waals surface area (Å²) < 4.78 is 4.99. The second-order valence-corrected chi connectivity index (χ2v) is 2.46. The summed E-state index contributed by atoms with van der Waals surface area (Å²) in [6, 6.07) is 0.153. The van der Waals surface area contributed by atoms with Gasteiger partial charge in [0.05, 0.1) is 0 Å². The van der Waals surface area contributed by atoms with Crippen molar-refractivity contribution < 1.29 is 9.53 Å². The number of hydrogen-bond acceptors (Lipinski definition) is 2. The lowest BCUT2D eigenvalue weighted by Crippen LogP contribution is -2.30. The quantitative estimate of drug-likeness (QED) is 0.589. The van der Waals surface area contributed by atoms with E-state index in [9.17, 15) is 4.79 Å². The minimum absolute atomic E-state index is 0.153. The molecule has 0 spiro atoms. The topological polar surface area (TPSA) is 38.3 Å². The molecule has 0 aliphatic rings. The molecule has 0 radical (unpaired) electrons. The van der Waals surface area contributed by atoms with Crippen LogP contribution in [0.2, 0.25) is 0 Å². The molecule has 0 rings (SSSR count). The molecule has 0 aromatic heterocycles. The van der Waals surface area contributed by atoms with Crippen LogP contribution < -0.4 is 5.32 Å². The van der Waals surface area contributed by atoms with Gasteiger partial charge in [0.1, 0.15) is 4.61 Å². The van der Waals surface area contributed by atoms with Gasteiger partial charge >= 0.3 is 6.09 Å². The van der Waals surface area contributed by atoms with E-state index in [1.165, 1.54) is 0 Å². The number of carbonyl (C=O) groups excluding carboxylic acids is 1. The van der Waals surface area contributed by atoms with E-state index in [0.29, 0.717) is 4.61 Å². The molecule has 4 heteroatoms. The van der Waals surface area contributed by atoms with Gasteiger partial charge in [-0.2, -0.15) is 0 Å². The van der Waals surface area contributed by atoms with Crippen molar-refractivity contribution in [3.63, 3.8) is 0 Å². The molecule has 0 unspecified atom stereocenters. The third-order valence-corrected chi connectivity index (χ3v) is 0.904. The highest BCUT2D eigenvalue weighted by Crippen LogP contribution is 1.86. The highest BCUT2D eigenvalue weighted by molar-refractivity contribution is 14.1. The Hall–Kier alpha value is 0. The molecule has 0 aromatic carbocycles. The number of alkyl halides is 1. The number of nitrogens with one attached hydrogen (secondary N) is 1. The van der Waals surface area contributed by atoms with Crippen LogP contribution in [-0.2, 0) is 4.74 Å². The Morgan fingerprint density at radius 2 is 2.33 bits per heavy atom. The zero-order chi connectivity index (χ0) is 7.28. The maximum atomic E-state index is 10.5. The molecule has 9 heavy (non-hydrogen) atoms. The fourth-order valence-electron chi connectivity index (χ4n) is 0.327. The summed E-state index contributed by atoms with van der Waals surface area (Å²) in [5.74, 6) is 0. The average Bonchev–Trinajstić information content (AvgIpc) is 1.63. The summed E-state index contributed by atoms with van der Waals surface area (Å²) in [6.45, 7) is 3.77. The van der Waals surface area contributed by atoms with Crippen LogP contribution in [0.25, 0.3) is 0 Å². The van der Waals surface area contributed by atoms with Gasteiger partial charge in [-0.05, 0) is 36.4 Å². The number of halogens is 1. The fourth-order valence-corrected chi connectivity index (χ4v) is 0.610. The van der Waals surface area contributed by atoms with Crippen LogP contribution in [0, 0.1) is 0 Å². The summed E-state index contributed by atoms with van der Waals surface area (Å²) in [6.07, 6.45) is -0.348. The molecular formula is C5H10INO2. The lowest BCUT2D eigenvalue weighted by Gasteiger charge is -2.06. The van der Waals surface area contributed by atoms with Crippen LogP contribution in [0.3, 0.4) is 0 Å². The smallest absolute Gasteiger partial charge is 0.408 e. The van der Waals surface area contributed by atoms with E-state index < -0.39 is 0 Å². The normalized spacial score (nSPS) is 9.33. The first-order chi connectivity index (χ1) is 4.16. The number of ether oxygens (including phenoxy) is 1. The Balaban J connectivity index is 3.27. The molecule has 0 aliphatic carbocycles. The zero-order valence-electron chi connectivity index (χ0n) is 5.48. The number of rotatable bonds is 2. The van der Waals surface area contributed by atoms with E-state index in [1.807, 2.05) is 36.4 Å². The van der Waals surface area contributed by atoms with E-state index in [2.05, 4.69) is 10.1 Å². The van der Waals surface area contributed by atoms with Crippen molar-refractivity contribution in [3.8, 4) is 0 Å². The maximum Gasteiger partial charge on any atom is 0.408 e. The predicted octanol–water partition coefficient (Wildman–Crippen LogP) is 1.51. The molecule has 0 bridgehead atoms. The van der Waals surface area contributed by atoms with Gasteiger partial charge < -0.3 is 10.1 Å². The van der Waals surface area contributed by atoms with E-state index in [1.54, 1.807) is 0 Å². The standard InChI is InChI=1S/C5H10INO2/c1-4(2)7-5(8)9-3-6/h4H,3H2,1-2H3,(H,7,8). The first kappa shape index (κ1) is 9.00. The second-order valence-electron chi connectivity index (χ2n) is 1.84. The number of carbonyl (C=O) groups is 1. The van der Waals surface area contributed by atoms with E-state index in [-0.39, 0.29) is 12.1 Å². The number of amides is 1. The molecule has 0 saturated heterocycles. The fraction of sp³-hybridized carbons (Fsp3) is 0.800. The van der Waals surface area contributed by atoms with Crippen molar-refractivity contribution in [3.05, 3.63) is 0 Å². The average molecular weight is 243 g/mol. The largest absolute Gasteiger partial charge is 0.439 e. The highest BCUT2D eigenvalue weighted by Gasteiger charge is 2.00. The van der Waals surface area contributed by atoms with Crippen LogP contribution in [-0.4, -0.2) is 16.7 Å². The lowest BCUT2D eigenvalue weighted by atomic mass is 10.4. The maximum absolute atomic E-state index is 10.5. The lowest BCUT2D eigenvalue weighted by molar-refractivity contribution is 0.166. The molecule has 0 heterocycles. The van der Waals surface area contributed by atoms with Gasteiger partial charge in [-0.3, -0.25) is 0 Å². The van der Waals surface area contributed by atoms with Gasteiger partial charge in [0.25, 0.3) is 0 Å². The highest BCUT2D eigenvalue weighted by atomic mass is 127. The molecule has 0 saturated carbocycles. The molecular weight excluding hydrogens is 233 g/mol. The first-order valence-corrected chi connectivity index (χ1v) is 4.18. The molecule has 0 atom stereocenters. The molecule has 54 valence electrons. The van der Waals surface area contributed by atoms with Gasteiger partial charge in [0.15, 0.2) is 0 Å². The molecule has 0 aromatic rings. The summed E-state index contributed by atoms with van der Waals surface area (Å²) >= 11 is 1.97. The van der Waals surface area contributed by atoms with Crippen LogP contribution >= 0.6 is 22.6 Å². The molecule has 1 amide bonds. The Labute approximate surface area is 68.3 Å². The first-order valence-electron chi connectivity index (χ1n) is 2.66. The minimum atomic E-state index is -0.348. The van der Waals surface area contributed by atoms with Crippen molar-refractivity contribution in [2.45, 2.75) is 19.9 Å². The van der Waals surface area contributed by atoms with E-state index >= 15 is 0 Å². The van der Waals surface area contributed by atoms with Crippen LogP contribution in [0.4, 0.5) is 4.79 Å². The van der Waals surface area contributed by atoms with Crippen molar-refractivity contribution in [1.29, 1.82) is 0 Å². The van der Waals surface area contributed by atoms with E-state index in [0.717, 1.165) is 0 Å². The van der Waals surface area contributed by atoms with Gasteiger partial charge in [-0.1, -0.05) is 0 Å². The number of hydrogen-bond donors (Lipinski definition) is 1. The predicted molar refractivity (Wildman–Crippen MR) is 43.6 cm³/mol. The Kier molecular flexibility index (Phi) is 4.84. The van der Waals surface area contributed by atoms with Gasteiger partial charge in [0, 0.05) is 6.04 Å². The summed E-state index contributed by atoms with van der Waals surface area (Å²) in [5, 5.41) is 2.58. The SMILES string of the molecule is CC(C)NC(=O)OCI. The van der Waals surface area contributed by atoms with Crippen LogP contribution in [0.5, 0.6) is 0 Å². The molecule has 0 aliphatic heterocycles. The zero-order valence-corrected chi connectivity index (χ0v) is 7.64. The Morgan fingerprint density at radius 1 is 1.78 bits per heavy atom. The van der Waals surface area contributed by atoms with Gasteiger partial charge in [-0.25, -0.2) is 4.79 Å². The molecule has 3 nitrogen and oxygen atoms in total. The number of alkyl carbamates (subject to hydrolysis) is 1. The van der Waals surface area contributed by atoms with Crippen molar-refractivity contribution in [2.24, 2.45) is 0 Å². The van der Waals surface area contributed by atoms with Crippen molar-refractivity contribution in [2.75, 3.05) is 4.61 Å². The summed E-state index contributed by atoms with van der Waals surface area (Å²) in [7, 11) is 0. The Morgan fingerprint density at radius 3 is 2.67 bits per heavy atom. The van der Waals surface area contributed by atoms with Crippen molar-refractivity contribution in [1.82, 2.24) is 5.32 Å². The molecule has 1 N–H and O–H groups in total. The molecule has 0 fully saturated rings. The van der Waals surface area contributed by atoms with Gasteiger partial charge in [0.2, 0.25) is 0 Å². The van der Waals surface area contributed by atoms with Gasteiger partial charge in [-0.15, -0.1) is 0 Å². The third-order valence-electron chi connectivity index (χ3n) is 0.592. The second kappa shape index (κ2) is 4.84. The van der Waals surface area contributed by atoms with E-state index in [4.69, 9.17) is 0 Å². The minimum Gasteiger partial charge on any atom is -0.439 e. The van der Waals surface area contributed by atoms with Crippen LogP contribution in [0.1, 0.15) is 13.8 Å².